The number of rotatable bonds is 5. The topological polar surface area (TPSA) is 66.5 Å². The summed E-state index contributed by atoms with van der Waals surface area (Å²) >= 11 is 1.41. The van der Waals surface area contributed by atoms with Crippen LogP contribution in [0.4, 0.5) is 0 Å². The summed E-state index contributed by atoms with van der Waals surface area (Å²) in [6.45, 7) is 3.77. The predicted molar refractivity (Wildman–Crippen MR) is 92.3 cm³/mol. The van der Waals surface area contributed by atoms with Crippen LogP contribution in [0.1, 0.15) is 33.8 Å². The lowest BCUT2D eigenvalue weighted by molar-refractivity contribution is 0.0943. The fourth-order valence-electron chi connectivity index (χ4n) is 2.09. The fraction of sp³-hybridized carbons (Fsp3) is 0.312. The Labute approximate surface area is 141 Å². The fourth-order valence-corrected chi connectivity index (χ4v) is 3.82. The van der Waals surface area contributed by atoms with Crippen LogP contribution in [0.3, 0.4) is 0 Å². The Morgan fingerprint density at radius 3 is 2.26 bits per heavy atom. The third-order valence-electron chi connectivity index (χ3n) is 3.57. The molecule has 0 saturated carbocycles. The zero-order valence-corrected chi connectivity index (χ0v) is 15.2. The van der Waals surface area contributed by atoms with Gasteiger partial charge in [0.1, 0.15) is 0 Å². The average Bonchev–Trinajstić information content (AvgIpc) is 2.93. The zero-order chi connectivity index (χ0) is 17.2. The van der Waals surface area contributed by atoms with Crippen LogP contribution in [0.2, 0.25) is 0 Å². The van der Waals surface area contributed by atoms with E-state index in [1.165, 1.54) is 29.7 Å². The molecule has 2 aromatic rings. The monoisotopic (exact) mass is 352 g/mol. The van der Waals surface area contributed by atoms with E-state index in [0.29, 0.717) is 4.88 Å². The molecule has 7 heteroatoms. The maximum Gasteiger partial charge on any atom is 0.262 e. The smallest absolute Gasteiger partial charge is 0.262 e. The number of amides is 1. The number of sulfonamides is 1. The highest BCUT2D eigenvalue weighted by atomic mass is 32.2. The molecule has 0 aliphatic heterocycles. The molecule has 1 unspecified atom stereocenters. The third-order valence-corrected chi connectivity index (χ3v) is 6.42. The summed E-state index contributed by atoms with van der Waals surface area (Å²) < 4.78 is 25.3. The number of carbonyl (C=O) groups is 1. The van der Waals surface area contributed by atoms with Crippen LogP contribution in [0, 0.1) is 6.92 Å². The van der Waals surface area contributed by atoms with E-state index in [-0.39, 0.29) is 16.8 Å². The number of thiophene rings is 1. The summed E-state index contributed by atoms with van der Waals surface area (Å²) in [5.41, 5.74) is 1.80. The van der Waals surface area contributed by atoms with Crippen LogP contribution in [0.5, 0.6) is 0 Å². The van der Waals surface area contributed by atoms with E-state index >= 15 is 0 Å². The van der Waals surface area contributed by atoms with E-state index in [9.17, 15) is 13.2 Å². The quantitative estimate of drug-likeness (QED) is 0.900. The van der Waals surface area contributed by atoms with Crippen LogP contribution >= 0.6 is 11.3 Å². The molecule has 0 aliphatic carbocycles. The molecule has 0 radical (unpaired) electrons. The number of hydrogen-bond donors (Lipinski definition) is 1. The van der Waals surface area contributed by atoms with Gasteiger partial charge in [0.05, 0.1) is 15.8 Å². The van der Waals surface area contributed by atoms with Gasteiger partial charge in [0.25, 0.3) is 5.91 Å². The van der Waals surface area contributed by atoms with E-state index < -0.39 is 10.0 Å². The lowest BCUT2D eigenvalue weighted by Gasteiger charge is -2.16. The van der Waals surface area contributed by atoms with Crippen molar-refractivity contribution in [3.63, 3.8) is 0 Å². The molecular formula is C16H20N2O3S2. The normalized spacial score (nSPS) is 13.1. The molecule has 1 amide bonds. The second-order valence-electron chi connectivity index (χ2n) is 5.48. The van der Waals surface area contributed by atoms with E-state index in [0.717, 1.165) is 11.1 Å². The third kappa shape index (κ3) is 3.80. The van der Waals surface area contributed by atoms with E-state index in [4.69, 9.17) is 0 Å². The first-order chi connectivity index (χ1) is 10.7. The number of benzene rings is 1. The molecular weight excluding hydrogens is 332 g/mol. The second-order valence-corrected chi connectivity index (χ2v) is 8.55. The molecule has 0 saturated heterocycles. The van der Waals surface area contributed by atoms with Crippen molar-refractivity contribution in [3.8, 4) is 0 Å². The molecule has 1 atom stereocenters. The van der Waals surface area contributed by atoms with Gasteiger partial charge in [0.15, 0.2) is 0 Å². The highest BCUT2D eigenvalue weighted by Crippen LogP contribution is 2.20. The van der Waals surface area contributed by atoms with Gasteiger partial charge < -0.3 is 5.32 Å². The van der Waals surface area contributed by atoms with Crippen molar-refractivity contribution in [2.75, 3.05) is 14.1 Å². The lowest BCUT2D eigenvalue weighted by atomic mass is 10.1. The summed E-state index contributed by atoms with van der Waals surface area (Å²) in [5, 5.41) is 4.82. The van der Waals surface area contributed by atoms with Crippen molar-refractivity contribution in [2.24, 2.45) is 0 Å². The molecule has 2 rings (SSSR count). The molecule has 5 nitrogen and oxygen atoms in total. The van der Waals surface area contributed by atoms with E-state index in [1.54, 1.807) is 24.3 Å². The van der Waals surface area contributed by atoms with Crippen LogP contribution < -0.4 is 5.32 Å². The Balaban J connectivity index is 2.14. The number of hydrogen-bond acceptors (Lipinski definition) is 4. The Morgan fingerprint density at radius 2 is 1.78 bits per heavy atom. The lowest BCUT2D eigenvalue weighted by Crippen LogP contribution is -2.26. The minimum absolute atomic E-state index is 0.116. The number of aryl methyl sites for hydroxylation is 1. The first kappa shape index (κ1) is 17.7. The van der Waals surface area contributed by atoms with Gasteiger partial charge in [-0.1, -0.05) is 12.1 Å². The molecule has 1 aromatic heterocycles. The van der Waals surface area contributed by atoms with Crippen molar-refractivity contribution < 1.29 is 13.2 Å². The Hall–Kier alpha value is -1.70. The first-order valence-electron chi connectivity index (χ1n) is 7.11. The molecule has 0 spiro atoms. The summed E-state index contributed by atoms with van der Waals surface area (Å²) in [6, 6.07) is 8.27. The minimum atomic E-state index is -3.44. The predicted octanol–water partition coefficient (Wildman–Crippen LogP) is 2.80. The summed E-state index contributed by atoms with van der Waals surface area (Å²) in [5.74, 6) is -0.116. The summed E-state index contributed by atoms with van der Waals surface area (Å²) in [4.78, 5) is 13.2. The molecule has 0 fully saturated rings. The molecule has 0 bridgehead atoms. The van der Waals surface area contributed by atoms with E-state index in [1.807, 2.05) is 25.3 Å². The van der Waals surface area contributed by atoms with Crippen molar-refractivity contribution in [1.29, 1.82) is 0 Å². The largest absolute Gasteiger partial charge is 0.345 e. The highest BCUT2D eigenvalue weighted by molar-refractivity contribution is 7.89. The van der Waals surface area contributed by atoms with Gasteiger partial charge in [0, 0.05) is 14.1 Å². The first-order valence-corrected chi connectivity index (χ1v) is 9.43. The molecule has 1 aromatic carbocycles. The van der Waals surface area contributed by atoms with Gasteiger partial charge in [-0.25, -0.2) is 12.7 Å². The van der Waals surface area contributed by atoms with Crippen molar-refractivity contribution in [2.45, 2.75) is 24.8 Å². The van der Waals surface area contributed by atoms with Crippen molar-refractivity contribution in [1.82, 2.24) is 9.62 Å². The zero-order valence-electron chi connectivity index (χ0n) is 13.5. The van der Waals surface area contributed by atoms with Crippen LogP contribution in [-0.2, 0) is 10.0 Å². The highest BCUT2D eigenvalue weighted by Gasteiger charge is 2.18. The maximum absolute atomic E-state index is 12.2. The van der Waals surface area contributed by atoms with Crippen molar-refractivity contribution >= 4 is 27.3 Å². The van der Waals surface area contributed by atoms with Crippen molar-refractivity contribution in [3.05, 3.63) is 51.7 Å². The van der Waals surface area contributed by atoms with Crippen LogP contribution in [0.25, 0.3) is 0 Å². The van der Waals surface area contributed by atoms with E-state index in [2.05, 4.69) is 5.32 Å². The molecule has 124 valence electrons. The Bertz CT molecular complexity index is 793. The number of nitrogens with zero attached hydrogens (tertiary/aromatic N) is 1. The van der Waals surface area contributed by atoms with Gasteiger partial charge in [-0.2, -0.15) is 0 Å². The van der Waals surface area contributed by atoms with Crippen LogP contribution in [-0.4, -0.2) is 32.7 Å². The minimum Gasteiger partial charge on any atom is -0.345 e. The molecule has 1 N–H and O–H groups in total. The van der Waals surface area contributed by atoms with Gasteiger partial charge in [-0.05, 0) is 48.6 Å². The molecule has 23 heavy (non-hydrogen) atoms. The second kappa shape index (κ2) is 6.82. The van der Waals surface area contributed by atoms with Gasteiger partial charge >= 0.3 is 0 Å². The Kier molecular flexibility index (Phi) is 5.23. The Morgan fingerprint density at radius 1 is 1.17 bits per heavy atom. The molecule has 1 heterocycles. The van der Waals surface area contributed by atoms with Gasteiger partial charge in [-0.15, -0.1) is 11.3 Å². The van der Waals surface area contributed by atoms with Gasteiger partial charge in [-0.3, -0.25) is 4.79 Å². The average molecular weight is 352 g/mol. The summed E-state index contributed by atoms with van der Waals surface area (Å²) in [6.07, 6.45) is 0. The standard InChI is InChI=1S/C16H20N2O3S2/c1-11-9-10-22-15(11)16(19)17-12(2)13-5-7-14(8-6-13)23(20,21)18(3)4/h5-10,12H,1-4H3,(H,17,19). The number of nitrogens with one attached hydrogen (secondary N) is 1. The van der Waals surface area contributed by atoms with Crippen LogP contribution in [0.15, 0.2) is 40.6 Å². The molecule has 0 aliphatic rings. The summed E-state index contributed by atoms with van der Waals surface area (Å²) in [7, 11) is -0.445. The maximum atomic E-state index is 12.2. The van der Waals surface area contributed by atoms with Gasteiger partial charge in [0.2, 0.25) is 10.0 Å². The number of carbonyl (C=O) groups excluding carboxylic acids is 1. The SMILES string of the molecule is Cc1ccsc1C(=O)NC(C)c1ccc(S(=O)(=O)N(C)C)cc1.